The van der Waals surface area contributed by atoms with Crippen molar-refractivity contribution in [2.45, 2.75) is 32.6 Å². The molecule has 0 aliphatic carbocycles. The van der Waals surface area contributed by atoms with E-state index in [9.17, 15) is 0 Å². The van der Waals surface area contributed by atoms with Crippen LogP contribution in [0.25, 0.3) is 0 Å². The van der Waals surface area contributed by atoms with E-state index in [1.54, 1.807) is 0 Å². The summed E-state index contributed by atoms with van der Waals surface area (Å²) in [6, 6.07) is 12.3. The van der Waals surface area contributed by atoms with Crippen LogP contribution in [0.15, 0.2) is 40.9 Å². The van der Waals surface area contributed by atoms with Crippen LogP contribution < -0.4 is 4.74 Å². The van der Waals surface area contributed by atoms with E-state index in [1.807, 2.05) is 12.1 Å². The van der Waals surface area contributed by atoms with Crippen molar-refractivity contribution in [2.75, 3.05) is 6.61 Å². The standard InChI is InChI=1S/C18H20BrClO/c1-4-10-21-16-9-8-14(11-15(16)19)18(20)17-12(2)6-5-7-13(17)3/h5-9,11,18H,4,10H2,1-3H3. The van der Waals surface area contributed by atoms with Crippen molar-refractivity contribution in [2.24, 2.45) is 0 Å². The van der Waals surface area contributed by atoms with Crippen LogP contribution in [0.5, 0.6) is 5.75 Å². The first-order valence-electron chi connectivity index (χ1n) is 7.17. The predicted molar refractivity (Wildman–Crippen MR) is 93.5 cm³/mol. The zero-order chi connectivity index (χ0) is 15.4. The van der Waals surface area contributed by atoms with Gasteiger partial charge in [0.25, 0.3) is 0 Å². The molecule has 0 aromatic heterocycles. The van der Waals surface area contributed by atoms with Crippen LogP contribution in [0, 0.1) is 13.8 Å². The molecular weight excluding hydrogens is 348 g/mol. The minimum atomic E-state index is -0.150. The van der Waals surface area contributed by atoms with Gasteiger partial charge in [-0.2, -0.15) is 0 Å². The summed E-state index contributed by atoms with van der Waals surface area (Å²) in [4.78, 5) is 0. The van der Waals surface area contributed by atoms with E-state index in [2.05, 4.69) is 61.0 Å². The third-order valence-electron chi connectivity index (χ3n) is 3.51. The van der Waals surface area contributed by atoms with Crippen LogP contribution in [0.2, 0.25) is 0 Å². The average molecular weight is 368 g/mol. The summed E-state index contributed by atoms with van der Waals surface area (Å²) >= 11 is 10.3. The summed E-state index contributed by atoms with van der Waals surface area (Å²) in [6.45, 7) is 7.02. The van der Waals surface area contributed by atoms with Crippen LogP contribution in [-0.2, 0) is 0 Å². The van der Waals surface area contributed by atoms with Gasteiger partial charge in [-0.1, -0.05) is 31.2 Å². The Morgan fingerprint density at radius 2 is 1.81 bits per heavy atom. The van der Waals surface area contributed by atoms with Gasteiger partial charge < -0.3 is 4.74 Å². The molecule has 21 heavy (non-hydrogen) atoms. The molecule has 1 nitrogen and oxygen atoms in total. The molecule has 0 saturated carbocycles. The highest BCUT2D eigenvalue weighted by molar-refractivity contribution is 9.10. The predicted octanol–water partition coefficient (Wildman–Crippen LogP) is 6.18. The zero-order valence-electron chi connectivity index (χ0n) is 12.6. The molecule has 2 aromatic rings. The fourth-order valence-corrected chi connectivity index (χ4v) is 3.39. The molecule has 2 aromatic carbocycles. The Morgan fingerprint density at radius 1 is 1.14 bits per heavy atom. The number of benzene rings is 2. The molecule has 1 atom stereocenters. The highest BCUT2D eigenvalue weighted by Crippen LogP contribution is 2.36. The summed E-state index contributed by atoms with van der Waals surface area (Å²) in [6.07, 6.45) is 0.995. The maximum atomic E-state index is 6.71. The number of hydrogen-bond acceptors (Lipinski definition) is 1. The summed E-state index contributed by atoms with van der Waals surface area (Å²) in [7, 11) is 0. The van der Waals surface area contributed by atoms with Gasteiger partial charge in [0, 0.05) is 0 Å². The number of ether oxygens (including phenoxy) is 1. The molecule has 0 bridgehead atoms. The number of halogens is 2. The molecule has 0 saturated heterocycles. The number of alkyl halides is 1. The highest BCUT2D eigenvalue weighted by atomic mass is 79.9. The number of rotatable bonds is 5. The van der Waals surface area contributed by atoms with Crippen molar-refractivity contribution in [3.8, 4) is 5.75 Å². The maximum Gasteiger partial charge on any atom is 0.133 e. The SMILES string of the molecule is CCCOc1ccc(C(Cl)c2c(C)cccc2C)cc1Br. The Hall–Kier alpha value is -0.990. The van der Waals surface area contributed by atoms with Crippen LogP contribution in [0.1, 0.15) is 41.0 Å². The van der Waals surface area contributed by atoms with Gasteiger partial charge in [-0.25, -0.2) is 0 Å². The minimum Gasteiger partial charge on any atom is -0.492 e. The van der Waals surface area contributed by atoms with Crippen LogP contribution in [0.4, 0.5) is 0 Å². The molecule has 0 aliphatic heterocycles. The van der Waals surface area contributed by atoms with E-state index in [1.165, 1.54) is 16.7 Å². The lowest BCUT2D eigenvalue weighted by Gasteiger charge is -2.17. The lowest BCUT2D eigenvalue weighted by Crippen LogP contribution is -2.01. The normalized spacial score (nSPS) is 12.2. The van der Waals surface area contributed by atoms with Crippen molar-refractivity contribution in [3.05, 3.63) is 63.1 Å². The molecule has 3 heteroatoms. The Balaban J connectivity index is 2.32. The van der Waals surface area contributed by atoms with Crippen LogP contribution >= 0.6 is 27.5 Å². The highest BCUT2D eigenvalue weighted by Gasteiger charge is 2.16. The topological polar surface area (TPSA) is 9.23 Å². The second kappa shape index (κ2) is 7.33. The summed E-state index contributed by atoms with van der Waals surface area (Å²) < 4.78 is 6.63. The van der Waals surface area contributed by atoms with Gasteiger partial charge >= 0.3 is 0 Å². The first kappa shape index (κ1) is 16.4. The Kier molecular flexibility index (Phi) is 5.72. The fourth-order valence-electron chi connectivity index (χ4n) is 2.40. The Morgan fingerprint density at radius 3 is 2.38 bits per heavy atom. The van der Waals surface area contributed by atoms with E-state index in [-0.39, 0.29) is 5.38 Å². The zero-order valence-corrected chi connectivity index (χ0v) is 15.0. The molecule has 2 rings (SSSR count). The van der Waals surface area contributed by atoms with Gasteiger partial charge in [0.05, 0.1) is 16.5 Å². The van der Waals surface area contributed by atoms with Crippen LogP contribution in [0.3, 0.4) is 0 Å². The Labute approximate surface area is 140 Å². The molecular formula is C18H20BrClO. The van der Waals surface area contributed by atoms with Gasteiger partial charge in [-0.05, 0) is 70.6 Å². The number of aryl methyl sites for hydroxylation is 2. The molecule has 0 aliphatic rings. The molecule has 0 radical (unpaired) electrons. The van der Waals surface area contributed by atoms with Crippen molar-refractivity contribution < 1.29 is 4.74 Å². The third-order valence-corrected chi connectivity index (χ3v) is 4.60. The third kappa shape index (κ3) is 3.81. The number of hydrogen-bond donors (Lipinski definition) is 0. The van der Waals surface area contributed by atoms with Gasteiger partial charge in [0.1, 0.15) is 5.75 Å². The molecule has 0 spiro atoms. The largest absolute Gasteiger partial charge is 0.492 e. The van der Waals surface area contributed by atoms with Crippen LogP contribution in [-0.4, -0.2) is 6.61 Å². The van der Waals surface area contributed by atoms with Gasteiger partial charge in [-0.3, -0.25) is 0 Å². The fraction of sp³-hybridized carbons (Fsp3) is 0.333. The first-order valence-corrected chi connectivity index (χ1v) is 8.40. The lowest BCUT2D eigenvalue weighted by atomic mass is 9.96. The molecule has 1 unspecified atom stereocenters. The van der Waals surface area contributed by atoms with E-state index in [0.717, 1.165) is 28.8 Å². The van der Waals surface area contributed by atoms with E-state index in [0.29, 0.717) is 0 Å². The second-order valence-corrected chi connectivity index (χ2v) is 6.50. The molecule has 0 N–H and O–H groups in total. The van der Waals surface area contributed by atoms with Gasteiger partial charge in [0.2, 0.25) is 0 Å². The summed E-state index contributed by atoms with van der Waals surface area (Å²) in [5.74, 6) is 0.867. The Bertz CT molecular complexity index is 604. The van der Waals surface area contributed by atoms with Crippen molar-refractivity contribution in [3.63, 3.8) is 0 Å². The molecule has 0 amide bonds. The average Bonchev–Trinajstić information content (AvgIpc) is 2.45. The van der Waals surface area contributed by atoms with E-state index < -0.39 is 0 Å². The first-order chi connectivity index (χ1) is 10.0. The van der Waals surface area contributed by atoms with Crippen molar-refractivity contribution in [1.29, 1.82) is 0 Å². The lowest BCUT2D eigenvalue weighted by molar-refractivity contribution is 0.315. The quantitative estimate of drug-likeness (QED) is 0.573. The van der Waals surface area contributed by atoms with Crippen molar-refractivity contribution in [1.82, 2.24) is 0 Å². The van der Waals surface area contributed by atoms with Crippen molar-refractivity contribution >= 4 is 27.5 Å². The van der Waals surface area contributed by atoms with E-state index >= 15 is 0 Å². The maximum absolute atomic E-state index is 6.71. The van der Waals surface area contributed by atoms with E-state index in [4.69, 9.17) is 16.3 Å². The van der Waals surface area contributed by atoms with Gasteiger partial charge in [-0.15, -0.1) is 11.6 Å². The molecule has 112 valence electrons. The summed E-state index contributed by atoms with van der Waals surface area (Å²) in [5, 5.41) is -0.150. The molecule has 0 heterocycles. The molecule has 0 fully saturated rings. The minimum absolute atomic E-state index is 0.150. The second-order valence-electron chi connectivity index (χ2n) is 5.21. The smallest absolute Gasteiger partial charge is 0.133 e. The van der Waals surface area contributed by atoms with Gasteiger partial charge in [0.15, 0.2) is 0 Å². The summed E-state index contributed by atoms with van der Waals surface area (Å²) in [5.41, 5.74) is 4.70. The monoisotopic (exact) mass is 366 g/mol.